The number of esters is 1. The van der Waals surface area contributed by atoms with Crippen molar-refractivity contribution in [3.63, 3.8) is 0 Å². The van der Waals surface area contributed by atoms with E-state index in [2.05, 4.69) is 39.6 Å². The summed E-state index contributed by atoms with van der Waals surface area (Å²) in [6.45, 7) is 0.680. The van der Waals surface area contributed by atoms with Crippen molar-refractivity contribution in [3.8, 4) is 0 Å². The summed E-state index contributed by atoms with van der Waals surface area (Å²) in [6.07, 6.45) is 2.06. The van der Waals surface area contributed by atoms with Crippen molar-refractivity contribution in [2.45, 2.75) is 11.4 Å². The van der Waals surface area contributed by atoms with Crippen LogP contribution >= 0.6 is 27.7 Å². The second-order valence-corrected chi connectivity index (χ2v) is 6.05. The molecule has 0 aliphatic rings. The maximum atomic E-state index is 11.5. The van der Waals surface area contributed by atoms with Crippen LogP contribution in [0.25, 0.3) is 0 Å². The molecule has 0 bridgehead atoms. The molecule has 2 rings (SSSR count). The molecule has 0 aromatic heterocycles. The van der Waals surface area contributed by atoms with E-state index in [4.69, 9.17) is 4.74 Å². The summed E-state index contributed by atoms with van der Waals surface area (Å²) in [6, 6.07) is 13.7. The Kier molecular flexibility index (Phi) is 5.70. The second-order valence-electron chi connectivity index (χ2n) is 4.35. The summed E-state index contributed by atoms with van der Waals surface area (Å²) in [5.74, 6) is -0.331. The van der Waals surface area contributed by atoms with Crippen LogP contribution in [0.3, 0.4) is 0 Å². The number of hydrogen-bond acceptors (Lipinski definition) is 4. The van der Waals surface area contributed by atoms with Crippen LogP contribution in [-0.4, -0.2) is 19.3 Å². The first kappa shape index (κ1) is 15.9. The normalized spacial score (nSPS) is 10.2. The largest absolute Gasteiger partial charge is 0.465 e. The van der Waals surface area contributed by atoms with Crippen molar-refractivity contribution in [3.05, 3.63) is 58.1 Å². The number of nitrogens with one attached hydrogen (secondary N) is 1. The van der Waals surface area contributed by atoms with Gasteiger partial charge in [0.15, 0.2) is 0 Å². The Hall–Kier alpha value is -1.46. The number of carbonyl (C=O) groups is 1. The van der Waals surface area contributed by atoms with E-state index in [1.54, 1.807) is 23.9 Å². The van der Waals surface area contributed by atoms with Crippen LogP contribution in [0.2, 0.25) is 0 Å². The molecule has 1 N–H and O–H groups in total. The van der Waals surface area contributed by atoms with Crippen molar-refractivity contribution in [2.24, 2.45) is 0 Å². The molecular formula is C16H16BrNO2S. The lowest BCUT2D eigenvalue weighted by molar-refractivity contribution is 0.0600. The lowest BCUT2D eigenvalue weighted by atomic mass is 10.1. The summed E-state index contributed by atoms with van der Waals surface area (Å²) in [5.41, 5.74) is 2.73. The minimum Gasteiger partial charge on any atom is -0.465 e. The Morgan fingerprint density at radius 2 is 2.05 bits per heavy atom. The molecule has 0 aliphatic carbocycles. The highest BCUT2D eigenvalue weighted by Crippen LogP contribution is 2.26. The molecule has 2 aromatic carbocycles. The number of para-hydroxylation sites is 1. The smallest absolute Gasteiger partial charge is 0.337 e. The molecule has 0 unspecified atom stereocenters. The van der Waals surface area contributed by atoms with Gasteiger partial charge in [0, 0.05) is 21.6 Å². The Labute approximate surface area is 137 Å². The summed E-state index contributed by atoms with van der Waals surface area (Å²) in [5, 5.41) is 3.42. The maximum absolute atomic E-state index is 11.5. The molecule has 0 atom stereocenters. The molecule has 0 radical (unpaired) electrons. The molecule has 21 heavy (non-hydrogen) atoms. The molecule has 110 valence electrons. The highest BCUT2D eigenvalue weighted by Gasteiger charge is 2.08. The quantitative estimate of drug-likeness (QED) is 0.622. The van der Waals surface area contributed by atoms with Gasteiger partial charge in [-0.15, -0.1) is 11.8 Å². The second kappa shape index (κ2) is 7.52. The number of ether oxygens (including phenoxy) is 1. The Balaban J connectivity index is 2.12. The van der Waals surface area contributed by atoms with E-state index in [0.29, 0.717) is 12.1 Å². The SMILES string of the molecule is COC(=O)c1ccc(CNc2ccccc2SC)c(Br)c1. The van der Waals surface area contributed by atoms with Crippen LogP contribution in [0, 0.1) is 0 Å². The summed E-state index contributed by atoms with van der Waals surface area (Å²) in [7, 11) is 1.38. The average Bonchev–Trinajstić information content (AvgIpc) is 2.53. The van der Waals surface area contributed by atoms with Crippen LogP contribution in [0.4, 0.5) is 5.69 Å². The topological polar surface area (TPSA) is 38.3 Å². The number of benzene rings is 2. The molecule has 0 fully saturated rings. The van der Waals surface area contributed by atoms with Gasteiger partial charge in [0.05, 0.1) is 12.7 Å². The minimum absolute atomic E-state index is 0.331. The van der Waals surface area contributed by atoms with Crippen LogP contribution in [0.15, 0.2) is 51.8 Å². The fourth-order valence-corrected chi connectivity index (χ4v) is 3.01. The van der Waals surface area contributed by atoms with Gasteiger partial charge in [-0.1, -0.05) is 34.1 Å². The number of methoxy groups -OCH3 is 1. The van der Waals surface area contributed by atoms with E-state index < -0.39 is 0 Å². The number of anilines is 1. The molecule has 2 aromatic rings. The zero-order valence-electron chi connectivity index (χ0n) is 11.9. The van der Waals surface area contributed by atoms with Crippen LogP contribution in [-0.2, 0) is 11.3 Å². The monoisotopic (exact) mass is 365 g/mol. The molecule has 0 saturated carbocycles. The van der Waals surface area contributed by atoms with Gasteiger partial charge in [-0.05, 0) is 36.1 Å². The molecular weight excluding hydrogens is 350 g/mol. The third-order valence-electron chi connectivity index (χ3n) is 3.05. The fourth-order valence-electron chi connectivity index (χ4n) is 1.92. The van der Waals surface area contributed by atoms with E-state index in [0.717, 1.165) is 15.7 Å². The van der Waals surface area contributed by atoms with Gasteiger partial charge in [-0.2, -0.15) is 0 Å². The molecule has 5 heteroatoms. The van der Waals surface area contributed by atoms with Crippen LogP contribution in [0.1, 0.15) is 15.9 Å². The predicted octanol–water partition coefficient (Wildman–Crippen LogP) is 4.57. The highest BCUT2D eigenvalue weighted by atomic mass is 79.9. The van der Waals surface area contributed by atoms with Gasteiger partial charge in [-0.3, -0.25) is 0 Å². The first-order chi connectivity index (χ1) is 10.2. The average molecular weight is 366 g/mol. The molecule has 0 aliphatic heterocycles. The first-order valence-electron chi connectivity index (χ1n) is 6.39. The van der Waals surface area contributed by atoms with Gasteiger partial charge in [0.2, 0.25) is 0 Å². The van der Waals surface area contributed by atoms with E-state index in [1.165, 1.54) is 12.0 Å². The van der Waals surface area contributed by atoms with Crippen LogP contribution < -0.4 is 5.32 Å². The number of carbonyl (C=O) groups excluding carboxylic acids is 1. The lowest BCUT2D eigenvalue weighted by Gasteiger charge is -2.12. The Morgan fingerprint density at radius 1 is 1.29 bits per heavy atom. The highest BCUT2D eigenvalue weighted by molar-refractivity contribution is 9.10. The van der Waals surface area contributed by atoms with Crippen LogP contribution in [0.5, 0.6) is 0 Å². The molecule has 0 amide bonds. The van der Waals surface area contributed by atoms with E-state index in [1.807, 2.05) is 18.2 Å². The minimum atomic E-state index is -0.331. The van der Waals surface area contributed by atoms with E-state index >= 15 is 0 Å². The van der Waals surface area contributed by atoms with Gasteiger partial charge < -0.3 is 10.1 Å². The number of thioether (sulfide) groups is 1. The van der Waals surface area contributed by atoms with Gasteiger partial charge in [0.1, 0.15) is 0 Å². The van der Waals surface area contributed by atoms with Gasteiger partial charge in [0.25, 0.3) is 0 Å². The van der Waals surface area contributed by atoms with Crippen molar-refractivity contribution >= 4 is 39.3 Å². The van der Waals surface area contributed by atoms with E-state index in [9.17, 15) is 4.79 Å². The number of halogens is 1. The van der Waals surface area contributed by atoms with E-state index in [-0.39, 0.29) is 5.97 Å². The van der Waals surface area contributed by atoms with Gasteiger partial charge >= 0.3 is 5.97 Å². The molecule has 0 heterocycles. The lowest BCUT2D eigenvalue weighted by Crippen LogP contribution is -2.04. The third kappa shape index (κ3) is 4.02. The Bertz CT molecular complexity index is 646. The molecule has 0 saturated heterocycles. The fraction of sp³-hybridized carbons (Fsp3) is 0.188. The van der Waals surface area contributed by atoms with Gasteiger partial charge in [-0.25, -0.2) is 4.79 Å². The van der Waals surface area contributed by atoms with Crippen molar-refractivity contribution in [1.29, 1.82) is 0 Å². The number of rotatable bonds is 5. The van der Waals surface area contributed by atoms with Crippen molar-refractivity contribution in [1.82, 2.24) is 0 Å². The predicted molar refractivity (Wildman–Crippen MR) is 91.0 cm³/mol. The number of hydrogen-bond donors (Lipinski definition) is 1. The molecule has 3 nitrogen and oxygen atoms in total. The summed E-state index contributed by atoms with van der Waals surface area (Å²) >= 11 is 5.21. The summed E-state index contributed by atoms with van der Waals surface area (Å²) in [4.78, 5) is 12.7. The standard InChI is InChI=1S/C16H16BrNO2S/c1-20-16(19)11-7-8-12(13(17)9-11)10-18-14-5-3-4-6-15(14)21-2/h3-9,18H,10H2,1-2H3. The summed E-state index contributed by atoms with van der Waals surface area (Å²) < 4.78 is 5.60. The molecule has 0 spiro atoms. The zero-order chi connectivity index (χ0) is 15.2. The zero-order valence-corrected chi connectivity index (χ0v) is 14.3. The third-order valence-corrected chi connectivity index (χ3v) is 4.58. The Morgan fingerprint density at radius 3 is 2.71 bits per heavy atom. The van der Waals surface area contributed by atoms with Crippen molar-refractivity contribution < 1.29 is 9.53 Å². The maximum Gasteiger partial charge on any atom is 0.337 e. The first-order valence-corrected chi connectivity index (χ1v) is 8.41. The van der Waals surface area contributed by atoms with Crippen molar-refractivity contribution in [2.75, 3.05) is 18.7 Å².